The average Bonchev–Trinajstić information content (AvgIpc) is 2.87. The SMILES string of the molecule is Cn1nc(-c2ccn[nH]2)c2ncccc21. The number of pyridine rings is 1. The minimum atomic E-state index is 0.839. The van der Waals surface area contributed by atoms with Gasteiger partial charge in [0.25, 0.3) is 0 Å². The number of hydrogen-bond acceptors (Lipinski definition) is 3. The van der Waals surface area contributed by atoms with Gasteiger partial charge in [0, 0.05) is 19.4 Å². The zero-order chi connectivity index (χ0) is 10.3. The molecule has 0 aliphatic rings. The van der Waals surface area contributed by atoms with Gasteiger partial charge in [-0.25, -0.2) is 0 Å². The van der Waals surface area contributed by atoms with Crippen molar-refractivity contribution in [3.63, 3.8) is 0 Å². The molecular formula is C10H9N5. The molecule has 0 amide bonds. The van der Waals surface area contributed by atoms with Crippen LogP contribution in [0.15, 0.2) is 30.6 Å². The van der Waals surface area contributed by atoms with Crippen molar-refractivity contribution < 1.29 is 0 Å². The van der Waals surface area contributed by atoms with Crippen LogP contribution in [0.1, 0.15) is 0 Å². The van der Waals surface area contributed by atoms with Crippen molar-refractivity contribution in [1.82, 2.24) is 25.0 Å². The molecule has 0 aliphatic heterocycles. The van der Waals surface area contributed by atoms with Gasteiger partial charge in [-0.15, -0.1) is 0 Å². The van der Waals surface area contributed by atoms with Gasteiger partial charge < -0.3 is 0 Å². The number of nitrogens with zero attached hydrogens (tertiary/aromatic N) is 4. The van der Waals surface area contributed by atoms with Crippen molar-refractivity contribution in [2.75, 3.05) is 0 Å². The van der Waals surface area contributed by atoms with Gasteiger partial charge in [-0.2, -0.15) is 10.2 Å². The molecule has 0 fully saturated rings. The van der Waals surface area contributed by atoms with Crippen LogP contribution in [-0.2, 0) is 7.05 Å². The molecule has 0 atom stereocenters. The molecule has 0 bridgehead atoms. The second kappa shape index (κ2) is 2.91. The van der Waals surface area contributed by atoms with Gasteiger partial charge in [-0.05, 0) is 18.2 Å². The largest absolute Gasteiger partial charge is 0.276 e. The molecule has 0 saturated carbocycles. The van der Waals surface area contributed by atoms with Crippen LogP contribution in [0.3, 0.4) is 0 Å². The molecule has 0 saturated heterocycles. The minimum Gasteiger partial charge on any atom is -0.276 e. The Hall–Kier alpha value is -2.17. The number of aromatic amines is 1. The zero-order valence-electron chi connectivity index (χ0n) is 8.18. The van der Waals surface area contributed by atoms with Crippen molar-refractivity contribution in [3.8, 4) is 11.4 Å². The van der Waals surface area contributed by atoms with E-state index in [0.29, 0.717) is 0 Å². The zero-order valence-corrected chi connectivity index (χ0v) is 8.18. The lowest BCUT2D eigenvalue weighted by molar-refractivity contribution is 0.799. The lowest BCUT2D eigenvalue weighted by Gasteiger charge is -1.90. The molecule has 0 aliphatic carbocycles. The third-order valence-electron chi connectivity index (χ3n) is 2.37. The monoisotopic (exact) mass is 199 g/mol. The average molecular weight is 199 g/mol. The Morgan fingerprint density at radius 2 is 2.20 bits per heavy atom. The normalized spacial score (nSPS) is 11.0. The van der Waals surface area contributed by atoms with E-state index in [1.54, 1.807) is 12.4 Å². The highest BCUT2D eigenvalue weighted by Gasteiger charge is 2.11. The van der Waals surface area contributed by atoms with E-state index >= 15 is 0 Å². The third kappa shape index (κ3) is 1.13. The van der Waals surface area contributed by atoms with Crippen molar-refractivity contribution in [1.29, 1.82) is 0 Å². The maximum absolute atomic E-state index is 4.42. The molecule has 3 rings (SSSR count). The van der Waals surface area contributed by atoms with Crippen molar-refractivity contribution in [2.24, 2.45) is 7.05 Å². The summed E-state index contributed by atoms with van der Waals surface area (Å²) in [6, 6.07) is 5.78. The van der Waals surface area contributed by atoms with Crippen LogP contribution in [-0.4, -0.2) is 25.0 Å². The first-order chi connectivity index (χ1) is 7.36. The highest BCUT2D eigenvalue weighted by Crippen LogP contribution is 2.23. The molecule has 0 unspecified atom stereocenters. The predicted octanol–water partition coefficient (Wildman–Crippen LogP) is 1.36. The van der Waals surface area contributed by atoms with E-state index in [0.717, 1.165) is 22.4 Å². The van der Waals surface area contributed by atoms with E-state index in [9.17, 15) is 0 Å². The van der Waals surface area contributed by atoms with Gasteiger partial charge >= 0.3 is 0 Å². The quantitative estimate of drug-likeness (QED) is 0.643. The molecule has 0 radical (unpaired) electrons. The Balaban J connectivity index is 2.37. The predicted molar refractivity (Wildman–Crippen MR) is 56.1 cm³/mol. The van der Waals surface area contributed by atoms with E-state index in [1.165, 1.54) is 0 Å². The van der Waals surface area contributed by atoms with Crippen LogP contribution in [0.2, 0.25) is 0 Å². The summed E-state index contributed by atoms with van der Waals surface area (Å²) < 4.78 is 1.82. The maximum atomic E-state index is 4.42. The number of aromatic nitrogens is 5. The molecule has 0 aromatic carbocycles. The van der Waals surface area contributed by atoms with Gasteiger partial charge in [0.05, 0.1) is 11.2 Å². The van der Waals surface area contributed by atoms with Gasteiger partial charge in [0.1, 0.15) is 11.2 Å². The molecule has 1 N–H and O–H groups in total. The van der Waals surface area contributed by atoms with Gasteiger partial charge in [-0.1, -0.05) is 0 Å². The van der Waals surface area contributed by atoms with Gasteiger partial charge in [-0.3, -0.25) is 14.8 Å². The first-order valence-electron chi connectivity index (χ1n) is 4.64. The molecule has 74 valence electrons. The topological polar surface area (TPSA) is 59.4 Å². The van der Waals surface area contributed by atoms with Crippen LogP contribution in [0, 0.1) is 0 Å². The Kier molecular flexibility index (Phi) is 1.58. The minimum absolute atomic E-state index is 0.839. The lowest BCUT2D eigenvalue weighted by atomic mass is 10.2. The van der Waals surface area contributed by atoms with Crippen LogP contribution >= 0.6 is 0 Å². The van der Waals surface area contributed by atoms with Crippen molar-refractivity contribution in [3.05, 3.63) is 30.6 Å². The maximum Gasteiger partial charge on any atom is 0.136 e. The number of hydrogen-bond donors (Lipinski definition) is 1. The third-order valence-corrected chi connectivity index (χ3v) is 2.37. The molecule has 5 heteroatoms. The van der Waals surface area contributed by atoms with E-state index in [2.05, 4.69) is 20.3 Å². The standard InChI is InChI=1S/C10H9N5/c1-15-8-3-2-5-11-10(8)9(14-15)7-4-6-12-13-7/h2-6H,1H3,(H,12,13). The summed E-state index contributed by atoms with van der Waals surface area (Å²) in [5.41, 5.74) is 3.64. The van der Waals surface area contributed by atoms with E-state index in [4.69, 9.17) is 0 Å². The molecule has 5 nitrogen and oxygen atoms in total. The molecule has 3 heterocycles. The Labute approximate surface area is 85.8 Å². The van der Waals surface area contributed by atoms with Gasteiger partial charge in [0.2, 0.25) is 0 Å². The molecule has 15 heavy (non-hydrogen) atoms. The summed E-state index contributed by atoms with van der Waals surface area (Å²) in [4.78, 5) is 4.33. The number of fused-ring (bicyclic) bond motifs is 1. The first kappa shape index (κ1) is 8.16. The fourth-order valence-corrected chi connectivity index (χ4v) is 1.66. The number of rotatable bonds is 1. The summed E-state index contributed by atoms with van der Waals surface area (Å²) in [5, 5.41) is 11.2. The molecule has 0 spiro atoms. The smallest absolute Gasteiger partial charge is 0.136 e. The Bertz CT molecular complexity index is 593. The van der Waals surface area contributed by atoms with E-state index in [-0.39, 0.29) is 0 Å². The fraction of sp³-hybridized carbons (Fsp3) is 0.100. The lowest BCUT2D eigenvalue weighted by Crippen LogP contribution is -1.89. The van der Waals surface area contributed by atoms with Crippen molar-refractivity contribution in [2.45, 2.75) is 0 Å². The Morgan fingerprint density at radius 3 is 3.00 bits per heavy atom. The van der Waals surface area contributed by atoms with Crippen LogP contribution in [0.4, 0.5) is 0 Å². The summed E-state index contributed by atoms with van der Waals surface area (Å²) in [6.07, 6.45) is 3.47. The molecule has 3 aromatic rings. The second-order valence-electron chi connectivity index (χ2n) is 3.31. The highest BCUT2D eigenvalue weighted by molar-refractivity contribution is 5.88. The Morgan fingerprint density at radius 1 is 1.27 bits per heavy atom. The van der Waals surface area contributed by atoms with Crippen LogP contribution in [0.25, 0.3) is 22.4 Å². The number of nitrogens with one attached hydrogen (secondary N) is 1. The summed E-state index contributed by atoms with van der Waals surface area (Å²) in [6.45, 7) is 0. The van der Waals surface area contributed by atoms with Crippen LogP contribution < -0.4 is 0 Å². The summed E-state index contributed by atoms with van der Waals surface area (Å²) >= 11 is 0. The molecular weight excluding hydrogens is 190 g/mol. The van der Waals surface area contributed by atoms with E-state index in [1.807, 2.05) is 29.9 Å². The second-order valence-corrected chi connectivity index (χ2v) is 3.31. The summed E-state index contributed by atoms with van der Waals surface area (Å²) in [5.74, 6) is 0. The van der Waals surface area contributed by atoms with Crippen molar-refractivity contribution >= 4 is 11.0 Å². The number of H-pyrrole nitrogens is 1. The van der Waals surface area contributed by atoms with Gasteiger partial charge in [0.15, 0.2) is 0 Å². The van der Waals surface area contributed by atoms with E-state index < -0.39 is 0 Å². The molecule has 3 aromatic heterocycles. The van der Waals surface area contributed by atoms with Crippen LogP contribution in [0.5, 0.6) is 0 Å². The highest BCUT2D eigenvalue weighted by atomic mass is 15.3. The fourth-order valence-electron chi connectivity index (χ4n) is 1.66. The number of aryl methyl sites for hydroxylation is 1. The first-order valence-corrected chi connectivity index (χ1v) is 4.64. The summed E-state index contributed by atoms with van der Waals surface area (Å²) in [7, 11) is 1.91.